The van der Waals surface area contributed by atoms with E-state index in [1.54, 1.807) is 26.5 Å². The number of hydrogen-bond donors (Lipinski definition) is 1. The Balaban J connectivity index is 2.03. The predicted molar refractivity (Wildman–Crippen MR) is 103 cm³/mol. The van der Waals surface area contributed by atoms with Crippen LogP contribution in [0.15, 0.2) is 36.5 Å². The molecule has 1 aromatic carbocycles. The molecule has 0 fully saturated rings. The number of aldehydes is 1. The SMILES string of the molecule is COc1cc2ncc3c(N)nc(-c4ccc(C=O)s4)cc3c2cc1OC. The number of carbonyl (C=O) groups is 1. The first kappa shape index (κ1) is 16.3. The molecule has 7 heteroatoms. The summed E-state index contributed by atoms with van der Waals surface area (Å²) in [5.74, 6) is 1.62. The molecular weight excluding hydrogens is 350 g/mol. The van der Waals surface area contributed by atoms with Gasteiger partial charge in [0.25, 0.3) is 0 Å². The average molecular weight is 365 g/mol. The molecule has 6 nitrogen and oxygen atoms in total. The van der Waals surface area contributed by atoms with Gasteiger partial charge in [0.05, 0.1) is 35.2 Å². The van der Waals surface area contributed by atoms with Crippen molar-refractivity contribution in [3.63, 3.8) is 0 Å². The van der Waals surface area contributed by atoms with Gasteiger partial charge in [0.15, 0.2) is 17.8 Å². The minimum absolute atomic E-state index is 0.391. The Labute approximate surface area is 153 Å². The Morgan fingerprint density at radius 1 is 1.04 bits per heavy atom. The number of carbonyl (C=O) groups excluding carboxylic acids is 1. The van der Waals surface area contributed by atoms with Crippen molar-refractivity contribution in [2.24, 2.45) is 0 Å². The second-order valence-electron chi connectivity index (χ2n) is 5.66. The molecule has 130 valence electrons. The van der Waals surface area contributed by atoms with Gasteiger partial charge < -0.3 is 15.2 Å². The number of thiophene rings is 1. The molecule has 26 heavy (non-hydrogen) atoms. The molecular formula is C19H15N3O3S. The van der Waals surface area contributed by atoms with Gasteiger partial charge in [-0.05, 0) is 29.7 Å². The fraction of sp³-hybridized carbons (Fsp3) is 0.105. The molecule has 0 bridgehead atoms. The lowest BCUT2D eigenvalue weighted by atomic mass is 10.1. The summed E-state index contributed by atoms with van der Waals surface area (Å²) in [4.78, 5) is 21.4. The molecule has 0 spiro atoms. The smallest absolute Gasteiger partial charge is 0.162 e. The van der Waals surface area contributed by atoms with Crippen LogP contribution in [-0.2, 0) is 0 Å². The van der Waals surface area contributed by atoms with Crippen LogP contribution in [0.4, 0.5) is 5.82 Å². The van der Waals surface area contributed by atoms with Crippen LogP contribution in [0.2, 0.25) is 0 Å². The molecule has 0 radical (unpaired) electrons. The zero-order chi connectivity index (χ0) is 18.3. The van der Waals surface area contributed by atoms with Crippen molar-refractivity contribution >= 4 is 45.1 Å². The van der Waals surface area contributed by atoms with Crippen molar-refractivity contribution in [1.29, 1.82) is 0 Å². The lowest BCUT2D eigenvalue weighted by molar-refractivity contribution is 0.112. The molecule has 0 atom stereocenters. The van der Waals surface area contributed by atoms with Crippen LogP contribution >= 0.6 is 11.3 Å². The Morgan fingerprint density at radius 2 is 1.81 bits per heavy atom. The van der Waals surface area contributed by atoms with Crippen molar-refractivity contribution in [1.82, 2.24) is 9.97 Å². The molecule has 4 aromatic rings. The van der Waals surface area contributed by atoms with Crippen molar-refractivity contribution < 1.29 is 14.3 Å². The van der Waals surface area contributed by atoms with Crippen LogP contribution < -0.4 is 15.2 Å². The number of anilines is 1. The summed E-state index contributed by atoms with van der Waals surface area (Å²) in [6.07, 6.45) is 2.54. The highest BCUT2D eigenvalue weighted by Crippen LogP contribution is 2.37. The fourth-order valence-electron chi connectivity index (χ4n) is 2.94. The van der Waals surface area contributed by atoms with E-state index in [2.05, 4.69) is 9.97 Å². The summed E-state index contributed by atoms with van der Waals surface area (Å²) < 4.78 is 10.8. The van der Waals surface area contributed by atoms with E-state index >= 15 is 0 Å². The number of benzene rings is 1. The van der Waals surface area contributed by atoms with E-state index < -0.39 is 0 Å². The van der Waals surface area contributed by atoms with Gasteiger partial charge in [-0.25, -0.2) is 4.98 Å². The quantitative estimate of drug-likeness (QED) is 0.436. The monoisotopic (exact) mass is 365 g/mol. The number of aromatic nitrogens is 2. The van der Waals surface area contributed by atoms with Crippen molar-refractivity contribution in [3.8, 4) is 22.1 Å². The third-order valence-electron chi connectivity index (χ3n) is 4.21. The zero-order valence-electron chi connectivity index (χ0n) is 14.1. The third kappa shape index (κ3) is 2.53. The molecule has 0 aliphatic heterocycles. The van der Waals surface area contributed by atoms with E-state index in [-0.39, 0.29) is 0 Å². The van der Waals surface area contributed by atoms with Crippen LogP contribution in [0.25, 0.3) is 32.2 Å². The van der Waals surface area contributed by atoms with E-state index in [1.165, 1.54) is 11.3 Å². The highest BCUT2D eigenvalue weighted by Gasteiger charge is 2.14. The normalized spacial score (nSPS) is 11.0. The maximum absolute atomic E-state index is 11.0. The predicted octanol–water partition coefficient (Wildman–Crippen LogP) is 3.92. The van der Waals surface area contributed by atoms with E-state index in [9.17, 15) is 4.79 Å². The second kappa shape index (κ2) is 6.27. The fourth-order valence-corrected chi connectivity index (χ4v) is 3.72. The van der Waals surface area contributed by atoms with Gasteiger partial charge in [-0.1, -0.05) is 0 Å². The van der Waals surface area contributed by atoms with Crippen molar-refractivity contribution in [3.05, 3.63) is 41.4 Å². The molecule has 0 saturated heterocycles. The largest absolute Gasteiger partial charge is 0.493 e. The number of ether oxygens (including phenoxy) is 2. The van der Waals surface area contributed by atoms with Gasteiger partial charge in [0.1, 0.15) is 5.82 Å². The van der Waals surface area contributed by atoms with Gasteiger partial charge in [0, 0.05) is 23.0 Å². The number of methoxy groups -OCH3 is 2. The minimum Gasteiger partial charge on any atom is -0.493 e. The lowest BCUT2D eigenvalue weighted by Crippen LogP contribution is -1.96. The van der Waals surface area contributed by atoms with Gasteiger partial charge >= 0.3 is 0 Å². The van der Waals surface area contributed by atoms with E-state index in [1.807, 2.05) is 24.3 Å². The number of rotatable bonds is 4. The van der Waals surface area contributed by atoms with Gasteiger partial charge in [-0.15, -0.1) is 11.3 Å². The third-order valence-corrected chi connectivity index (χ3v) is 5.24. The summed E-state index contributed by atoms with van der Waals surface area (Å²) in [5.41, 5.74) is 7.67. The molecule has 4 rings (SSSR count). The van der Waals surface area contributed by atoms with Crippen LogP contribution in [0.5, 0.6) is 11.5 Å². The number of nitrogen functional groups attached to an aromatic ring is 1. The molecule has 0 aliphatic carbocycles. The minimum atomic E-state index is 0.391. The van der Waals surface area contributed by atoms with Crippen LogP contribution in [0.3, 0.4) is 0 Å². The second-order valence-corrected chi connectivity index (χ2v) is 6.77. The number of nitrogens with zero attached hydrogens (tertiary/aromatic N) is 2. The Morgan fingerprint density at radius 3 is 2.50 bits per heavy atom. The summed E-state index contributed by atoms with van der Waals surface area (Å²) in [6.45, 7) is 0. The standard InChI is InChI=1S/C19H15N3O3S/c1-24-16-6-12-11-5-15(18-4-3-10(9-23)26-18)22-19(20)13(11)8-21-14(12)7-17(16)25-2/h3-9H,1-2H3,(H2,20,22). The Hall–Kier alpha value is -3.19. The first-order chi connectivity index (χ1) is 12.6. The van der Waals surface area contributed by atoms with Gasteiger partial charge in [-0.3, -0.25) is 9.78 Å². The van der Waals surface area contributed by atoms with Gasteiger partial charge in [0.2, 0.25) is 0 Å². The molecule has 0 saturated carbocycles. The first-order valence-corrected chi connectivity index (χ1v) is 8.62. The van der Waals surface area contributed by atoms with Crippen LogP contribution in [-0.4, -0.2) is 30.5 Å². The van der Waals surface area contributed by atoms with Crippen LogP contribution in [0, 0.1) is 0 Å². The number of pyridine rings is 2. The number of hydrogen-bond acceptors (Lipinski definition) is 7. The molecule has 0 unspecified atom stereocenters. The maximum atomic E-state index is 11.0. The molecule has 0 amide bonds. The van der Waals surface area contributed by atoms with Crippen LogP contribution in [0.1, 0.15) is 9.67 Å². The first-order valence-electron chi connectivity index (χ1n) is 7.81. The topological polar surface area (TPSA) is 87.3 Å². The Kier molecular flexibility index (Phi) is 3.93. The maximum Gasteiger partial charge on any atom is 0.162 e. The van der Waals surface area contributed by atoms with Crippen molar-refractivity contribution in [2.75, 3.05) is 20.0 Å². The van der Waals surface area contributed by atoms with E-state index in [0.29, 0.717) is 22.2 Å². The molecule has 3 heterocycles. The molecule has 3 aromatic heterocycles. The molecule has 2 N–H and O–H groups in total. The summed E-state index contributed by atoms with van der Waals surface area (Å²) >= 11 is 1.38. The van der Waals surface area contributed by atoms with Crippen molar-refractivity contribution in [2.45, 2.75) is 0 Å². The number of fused-ring (bicyclic) bond motifs is 3. The van der Waals surface area contributed by atoms with E-state index in [4.69, 9.17) is 15.2 Å². The summed E-state index contributed by atoms with van der Waals surface area (Å²) in [7, 11) is 3.18. The average Bonchev–Trinajstić information content (AvgIpc) is 3.15. The van der Waals surface area contributed by atoms with Gasteiger partial charge in [-0.2, -0.15) is 0 Å². The molecule has 0 aliphatic rings. The Bertz CT molecular complexity index is 1150. The number of nitrogens with two attached hydrogens (primary N) is 1. The summed E-state index contributed by atoms with van der Waals surface area (Å²) in [6, 6.07) is 9.32. The highest BCUT2D eigenvalue weighted by atomic mass is 32.1. The highest BCUT2D eigenvalue weighted by molar-refractivity contribution is 7.17. The lowest BCUT2D eigenvalue weighted by Gasteiger charge is -2.11. The summed E-state index contributed by atoms with van der Waals surface area (Å²) in [5, 5.41) is 2.57. The van der Waals surface area contributed by atoms with E-state index in [0.717, 1.165) is 38.5 Å². The zero-order valence-corrected chi connectivity index (χ0v) is 15.0.